The van der Waals surface area contributed by atoms with Gasteiger partial charge in [0.1, 0.15) is 0 Å². The molecule has 0 spiro atoms. The number of hydrogen-bond acceptors (Lipinski definition) is 3. The van der Waals surface area contributed by atoms with E-state index in [4.69, 9.17) is 23.2 Å². The molecule has 1 N–H and O–H groups in total. The highest BCUT2D eigenvalue weighted by Crippen LogP contribution is 2.23. The summed E-state index contributed by atoms with van der Waals surface area (Å²) in [6, 6.07) is 5.19. The summed E-state index contributed by atoms with van der Waals surface area (Å²) in [7, 11) is 0. The van der Waals surface area contributed by atoms with Crippen LogP contribution >= 0.6 is 23.2 Å². The lowest BCUT2D eigenvalue weighted by atomic mass is 10.1. The highest BCUT2D eigenvalue weighted by Gasteiger charge is 2.20. The van der Waals surface area contributed by atoms with Gasteiger partial charge in [-0.05, 0) is 55.7 Å². The molecule has 0 amide bonds. The largest absolute Gasteiger partial charge is 0.317 e. The van der Waals surface area contributed by atoms with Gasteiger partial charge >= 0.3 is 0 Å². The standard InChI is InChI=1S/C13H13Cl2N3O/c14-8-1-2-11-10(7-8)12(19)18(13(15)17-11)9-3-5-16-6-4-9/h1-2,7,9,16H,3-6H2. The molecule has 0 bridgehead atoms. The fourth-order valence-corrected chi connectivity index (χ4v) is 3.00. The molecule has 1 aromatic heterocycles. The van der Waals surface area contributed by atoms with E-state index in [1.165, 1.54) is 0 Å². The maximum absolute atomic E-state index is 12.6. The van der Waals surface area contributed by atoms with Gasteiger partial charge in [-0.3, -0.25) is 9.36 Å². The van der Waals surface area contributed by atoms with Crippen LogP contribution in [0.2, 0.25) is 10.3 Å². The van der Waals surface area contributed by atoms with Crippen LogP contribution in [0.15, 0.2) is 23.0 Å². The van der Waals surface area contributed by atoms with Gasteiger partial charge in [-0.25, -0.2) is 4.98 Å². The summed E-state index contributed by atoms with van der Waals surface area (Å²) in [5.74, 6) is 0. The summed E-state index contributed by atoms with van der Waals surface area (Å²) in [6.07, 6.45) is 1.76. The smallest absolute Gasteiger partial charge is 0.262 e. The van der Waals surface area contributed by atoms with Crippen LogP contribution in [-0.2, 0) is 0 Å². The molecule has 1 aliphatic rings. The number of aromatic nitrogens is 2. The second kappa shape index (κ2) is 5.12. The van der Waals surface area contributed by atoms with Crippen molar-refractivity contribution < 1.29 is 0 Å². The Bertz CT molecular complexity index is 677. The molecule has 0 aliphatic carbocycles. The Morgan fingerprint density at radius 2 is 2.00 bits per heavy atom. The van der Waals surface area contributed by atoms with E-state index in [9.17, 15) is 4.79 Å². The summed E-state index contributed by atoms with van der Waals surface area (Å²) in [5.41, 5.74) is 0.481. The van der Waals surface area contributed by atoms with E-state index in [-0.39, 0.29) is 16.9 Å². The first-order chi connectivity index (χ1) is 9.16. The van der Waals surface area contributed by atoms with Crippen LogP contribution in [0.4, 0.5) is 0 Å². The Kier molecular flexibility index (Phi) is 3.48. The van der Waals surface area contributed by atoms with Gasteiger partial charge in [0.05, 0.1) is 10.9 Å². The molecular formula is C13H13Cl2N3O. The predicted octanol–water partition coefficient (Wildman–Crippen LogP) is 2.63. The van der Waals surface area contributed by atoms with Gasteiger partial charge < -0.3 is 5.32 Å². The van der Waals surface area contributed by atoms with E-state index < -0.39 is 0 Å². The first-order valence-corrected chi connectivity index (χ1v) is 7.00. The second-order valence-corrected chi connectivity index (χ2v) is 5.47. The number of piperidine rings is 1. The minimum absolute atomic E-state index is 0.107. The van der Waals surface area contributed by atoms with E-state index in [0.29, 0.717) is 15.9 Å². The average Bonchev–Trinajstić information content (AvgIpc) is 2.41. The third-order valence-electron chi connectivity index (χ3n) is 3.49. The Morgan fingerprint density at radius 3 is 2.74 bits per heavy atom. The van der Waals surface area contributed by atoms with Crippen molar-refractivity contribution >= 4 is 34.1 Å². The fraction of sp³-hybridized carbons (Fsp3) is 0.385. The molecule has 0 atom stereocenters. The zero-order valence-electron chi connectivity index (χ0n) is 10.2. The van der Waals surface area contributed by atoms with Crippen molar-refractivity contribution in [3.05, 3.63) is 38.9 Å². The molecule has 4 nitrogen and oxygen atoms in total. The Hall–Kier alpha value is -1.10. The highest BCUT2D eigenvalue weighted by atomic mass is 35.5. The van der Waals surface area contributed by atoms with E-state index >= 15 is 0 Å². The number of fused-ring (bicyclic) bond motifs is 1. The topological polar surface area (TPSA) is 46.9 Å². The summed E-state index contributed by atoms with van der Waals surface area (Å²) in [6.45, 7) is 1.78. The van der Waals surface area contributed by atoms with Gasteiger partial charge in [-0.2, -0.15) is 0 Å². The molecule has 2 aromatic rings. The van der Waals surface area contributed by atoms with Gasteiger partial charge in [0.15, 0.2) is 0 Å². The first-order valence-electron chi connectivity index (χ1n) is 6.25. The van der Waals surface area contributed by atoms with Crippen molar-refractivity contribution in [2.24, 2.45) is 0 Å². The SMILES string of the molecule is O=c1c2cc(Cl)ccc2nc(Cl)n1C1CCNCC1. The third-order valence-corrected chi connectivity index (χ3v) is 3.99. The summed E-state index contributed by atoms with van der Waals surface area (Å²) < 4.78 is 1.60. The normalized spacial score (nSPS) is 16.9. The van der Waals surface area contributed by atoms with Crippen molar-refractivity contribution in [3.8, 4) is 0 Å². The molecule has 1 fully saturated rings. The van der Waals surface area contributed by atoms with Crippen LogP contribution < -0.4 is 10.9 Å². The van der Waals surface area contributed by atoms with E-state index in [0.717, 1.165) is 25.9 Å². The second-order valence-electron chi connectivity index (χ2n) is 4.70. The number of benzene rings is 1. The highest BCUT2D eigenvalue weighted by molar-refractivity contribution is 6.31. The minimum atomic E-state index is -0.107. The maximum atomic E-state index is 12.6. The van der Waals surface area contributed by atoms with Crippen LogP contribution in [0, 0.1) is 0 Å². The molecule has 0 saturated carbocycles. The Labute approximate surface area is 120 Å². The number of rotatable bonds is 1. The lowest BCUT2D eigenvalue weighted by Crippen LogP contribution is -2.35. The Morgan fingerprint density at radius 1 is 1.26 bits per heavy atom. The summed E-state index contributed by atoms with van der Waals surface area (Å²) in [5, 5.41) is 4.58. The summed E-state index contributed by atoms with van der Waals surface area (Å²) >= 11 is 12.1. The third kappa shape index (κ3) is 2.36. The molecule has 6 heteroatoms. The van der Waals surface area contributed by atoms with Crippen molar-refractivity contribution in [2.75, 3.05) is 13.1 Å². The monoisotopic (exact) mass is 297 g/mol. The molecule has 0 unspecified atom stereocenters. The fourth-order valence-electron chi connectivity index (χ4n) is 2.53. The summed E-state index contributed by atoms with van der Waals surface area (Å²) in [4.78, 5) is 16.9. The van der Waals surface area contributed by atoms with Crippen LogP contribution in [0.3, 0.4) is 0 Å². The van der Waals surface area contributed by atoms with Gasteiger partial charge in [0.2, 0.25) is 5.28 Å². The van der Waals surface area contributed by atoms with Crippen LogP contribution in [0.5, 0.6) is 0 Å². The maximum Gasteiger partial charge on any atom is 0.262 e. The number of nitrogens with zero attached hydrogens (tertiary/aromatic N) is 2. The minimum Gasteiger partial charge on any atom is -0.317 e. The van der Waals surface area contributed by atoms with Crippen molar-refractivity contribution in [1.29, 1.82) is 0 Å². The van der Waals surface area contributed by atoms with Crippen molar-refractivity contribution in [1.82, 2.24) is 14.9 Å². The van der Waals surface area contributed by atoms with Crippen molar-refractivity contribution in [3.63, 3.8) is 0 Å². The Balaban J connectivity index is 2.21. The lowest BCUT2D eigenvalue weighted by Gasteiger charge is -2.25. The van der Waals surface area contributed by atoms with Gasteiger partial charge in [0, 0.05) is 11.1 Å². The first kappa shape index (κ1) is 12.9. The number of nitrogens with one attached hydrogen (secondary N) is 1. The van der Waals surface area contributed by atoms with Crippen LogP contribution in [-0.4, -0.2) is 22.6 Å². The molecule has 2 heterocycles. The van der Waals surface area contributed by atoms with Crippen LogP contribution in [0.1, 0.15) is 18.9 Å². The number of hydrogen-bond donors (Lipinski definition) is 1. The average molecular weight is 298 g/mol. The van der Waals surface area contributed by atoms with E-state index in [1.54, 1.807) is 22.8 Å². The van der Waals surface area contributed by atoms with Gasteiger partial charge in [-0.15, -0.1) is 0 Å². The van der Waals surface area contributed by atoms with E-state index in [2.05, 4.69) is 10.3 Å². The lowest BCUT2D eigenvalue weighted by molar-refractivity contribution is 0.360. The van der Waals surface area contributed by atoms with Crippen molar-refractivity contribution in [2.45, 2.75) is 18.9 Å². The van der Waals surface area contributed by atoms with Crippen LogP contribution in [0.25, 0.3) is 10.9 Å². The molecular weight excluding hydrogens is 285 g/mol. The van der Waals surface area contributed by atoms with E-state index in [1.807, 2.05) is 0 Å². The molecule has 1 aromatic carbocycles. The zero-order valence-corrected chi connectivity index (χ0v) is 11.7. The van der Waals surface area contributed by atoms with Gasteiger partial charge in [-0.1, -0.05) is 11.6 Å². The van der Waals surface area contributed by atoms with Gasteiger partial charge in [0.25, 0.3) is 5.56 Å². The molecule has 3 rings (SSSR count). The number of halogens is 2. The zero-order chi connectivity index (χ0) is 13.4. The molecule has 1 aliphatic heterocycles. The molecule has 0 radical (unpaired) electrons. The molecule has 1 saturated heterocycles. The molecule has 100 valence electrons. The molecule has 19 heavy (non-hydrogen) atoms. The predicted molar refractivity (Wildman–Crippen MR) is 77.2 cm³/mol. The quantitative estimate of drug-likeness (QED) is 0.823.